The number of hydrogen-bond acceptors (Lipinski definition) is 1. The Kier molecular flexibility index (Phi) is 2.53. The number of pyridine rings is 1. The number of hydrogen-bond donors (Lipinski definition) is 1. The molecule has 2 heteroatoms. The number of nitrogens with one attached hydrogen (secondary N) is 1. The molecule has 0 unspecified atom stereocenters. The fraction of sp³-hybridized carbons (Fsp3) is 0. The Bertz CT molecular complexity index is 1120. The highest BCUT2D eigenvalue weighted by Crippen LogP contribution is 2.29. The molecule has 0 bridgehead atoms. The highest BCUT2D eigenvalue weighted by Gasteiger charge is 2.06. The van der Waals surface area contributed by atoms with Crippen LogP contribution in [0, 0.1) is 0 Å². The second-order valence-corrected chi connectivity index (χ2v) is 5.88. The molecule has 3 aromatic carbocycles. The summed E-state index contributed by atoms with van der Waals surface area (Å²) in [7, 11) is 0. The Morgan fingerprint density at radius 2 is 1.52 bits per heavy atom. The van der Waals surface area contributed by atoms with Crippen molar-refractivity contribution in [1.29, 1.82) is 0 Å². The molecule has 2 aromatic heterocycles. The van der Waals surface area contributed by atoms with E-state index in [1.165, 1.54) is 27.1 Å². The summed E-state index contributed by atoms with van der Waals surface area (Å²) in [6.07, 6.45) is 1.83. The summed E-state index contributed by atoms with van der Waals surface area (Å²) in [6.45, 7) is 0. The minimum absolute atomic E-state index is 1.02. The largest absolute Gasteiger partial charge is 0.354 e. The van der Waals surface area contributed by atoms with Crippen LogP contribution < -0.4 is 0 Å². The molecule has 0 atom stereocenters. The molecule has 0 aliphatic carbocycles. The number of H-pyrrole nitrogens is 1. The van der Waals surface area contributed by atoms with Crippen molar-refractivity contribution in [2.45, 2.75) is 0 Å². The second kappa shape index (κ2) is 4.68. The summed E-state index contributed by atoms with van der Waals surface area (Å²) in [5, 5.41) is 4.91. The van der Waals surface area contributed by atoms with Crippen LogP contribution in [0.4, 0.5) is 0 Å². The quantitative estimate of drug-likeness (QED) is 0.432. The van der Waals surface area contributed by atoms with Crippen molar-refractivity contribution in [3.05, 3.63) is 79.0 Å². The lowest BCUT2D eigenvalue weighted by Crippen LogP contribution is -1.79. The van der Waals surface area contributed by atoms with Crippen molar-refractivity contribution in [3.63, 3.8) is 0 Å². The summed E-state index contributed by atoms with van der Waals surface area (Å²) in [5.41, 5.74) is 4.49. The summed E-state index contributed by atoms with van der Waals surface area (Å²) in [5.74, 6) is 0. The lowest BCUT2D eigenvalue weighted by molar-refractivity contribution is 1.41. The molecular weight excluding hydrogens is 280 g/mol. The van der Waals surface area contributed by atoms with Gasteiger partial charge in [-0.3, -0.25) is 4.98 Å². The molecule has 1 N–H and O–H groups in total. The number of fused-ring (bicyclic) bond motifs is 3. The van der Waals surface area contributed by atoms with Gasteiger partial charge >= 0.3 is 0 Å². The van der Waals surface area contributed by atoms with Crippen LogP contribution in [-0.2, 0) is 0 Å². The van der Waals surface area contributed by atoms with Gasteiger partial charge < -0.3 is 4.98 Å². The summed E-state index contributed by atoms with van der Waals surface area (Å²) in [4.78, 5) is 7.96. The van der Waals surface area contributed by atoms with E-state index in [9.17, 15) is 0 Å². The van der Waals surface area contributed by atoms with E-state index in [-0.39, 0.29) is 0 Å². The van der Waals surface area contributed by atoms with Crippen LogP contribution in [0.3, 0.4) is 0 Å². The molecule has 0 saturated heterocycles. The van der Waals surface area contributed by atoms with E-state index in [1.54, 1.807) is 0 Å². The molecule has 0 saturated carbocycles. The molecule has 5 aromatic rings. The van der Waals surface area contributed by atoms with Gasteiger partial charge in [-0.15, -0.1) is 0 Å². The van der Waals surface area contributed by atoms with Gasteiger partial charge in [0.25, 0.3) is 0 Å². The molecular formula is C21H14N2. The monoisotopic (exact) mass is 294 g/mol. The molecule has 0 fully saturated rings. The van der Waals surface area contributed by atoms with Gasteiger partial charge in [0.15, 0.2) is 0 Å². The van der Waals surface area contributed by atoms with Crippen LogP contribution >= 0.6 is 0 Å². The predicted octanol–water partition coefficient (Wildman–Crippen LogP) is 5.54. The molecule has 0 spiro atoms. The lowest BCUT2D eigenvalue weighted by Gasteiger charge is -2.01. The van der Waals surface area contributed by atoms with Crippen molar-refractivity contribution in [2.75, 3.05) is 0 Å². The van der Waals surface area contributed by atoms with Crippen LogP contribution in [-0.4, -0.2) is 9.97 Å². The standard InChI is InChI=1S/C21H14N2/c1-2-5-15-10-17(8-7-14(15)4-1)20-12-18-11-16-6-3-9-22-19(16)13-21(18)23-20/h1-13,23H. The number of aromatic amines is 1. The number of aromatic nitrogens is 2. The first kappa shape index (κ1) is 12.4. The zero-order valence-corrected chi connectivity index (χ0v) is 12.5. The van der Waals surface area contributed by atoms with E-state index < -0.39 is 0 Å². The second-order valence-electron chi connectivity index (χ2n) is 5.88. The van der Waals surface area contributed by atoms with Crippen molar-refractivity contribution in [1.82, 2.24) is 9.97 Å². The first-order valence-corrected chi connectivity index (χ1v) is 7.73. The molecule has 2 heterocycles. The molecule has 23 heavy (non-hydrogen) atoms. The van der Waals surface area contributed by atoms with Crippen LogP contribution in [0.25, 0.3) is 43.8 Å². The average Bonchev–Trinajstić information content (AvgIpc) is 3.02. The maximum Gasteiger partial charge on any atom is 0.0723 e. The summed E-state index contributed by atoms with van der Waals surface area (Å²) < 4.78 is 0. The van der Waals surface area contributed by atoms with Crippen LogP contribution in [0.5, 0.6) is 0 Å². The Morgan fingerprint density at radius 3 is 2.48 bits per heavy atom. The van der Waals surface area contributed by atoms with E-state index in [2.05, 4.69) is 76.7 Å². The molecule has 2 nitrogen and oxygen atoms in total. The highest BCUT2D eigenvalue weighted by molar-refractivity contribution is 5.98. The minimum Gasteiger partial charge on any atom is -0.354 e. The fourth-order valence-electron chi connectivity index (χ4n) is 3.21. The maximum atomic E-state index is 4.43. The maximum absolute atomic E-state index is 4.43. The molecule has 0 aliphatic rings. The summed E-state index contributed by atoms with van der Waals surface area (Å²) in [6, 6.07) is 25.6. The van der Waals surface area contributed by atoms with Gasteiger partial charge in [-0.25, -0.2) is 0 Å². The first-order chi connectivity index (χ1) is 11.4. The van der Waals surface area contributed by atoms with Crippen molar-refractivity contribution in [3.8, 4) is 11.3 Å². The van der Waals surface area contributed by atoms with E-state index in [1.807, 2.05) is 12.3 Å². The molecule has 0 amide bonds. The number of nitrogens with zero attached hydrogens (tertiary/aromatic N) is 1. The molecule has 0 aliphatic heterocycles. The molecule has 0 radical (unpaired) electrons. The molecule has 5 rings (SSSR count). The van der Waals surface area contributed by atoms with Crippen LogP contribution in [0.15, 0.2) is 79.0 Å². The topological polar surface area (TPSA) is 28.7 Å². The zero-order valence-electron chi connectivity index (χ0n) is 12.5. The SMILES string of the molecule is c1ccc2cc(-c3cc4cc5cccnc5cc4[nH]3)ccc2c1. The Hall–Kier alpha value is -3.13. The third-order valence-corrected chi connectivity index (χ3v) is 4.40. The number of rotatable bonds is 1. The van der Waals surface area contributed by atoms with Crippen molar-refractivity contribution < 1.29 is 0 Å². The third kappa shape index (κ3) is 2.00. The average molecular weight is 294 g/mol. The van der Waals surface area contributed by atoms with E-state index in [0.29, 0.717) is 0 Å². The zero-order chi connectivity index (χ0) is 15.2. The van der Waals surface area contributed by atoms with Gasteiger partial charge in [-0.1, -0.05) is 42.5 Å². The van der Waals surface area contributed by atoms with E-state index in [4.69, 9.17) is 0 Å². The smallest absolute Gasteiger partial charge is 0.0723 e. The Labute approximate surface area is 133 Å². The van der Waals surface area contributed by atoms with Gasteiger partial charge in [0.2, 0.25) is 0 Å². The van der Waals surface area contributed by atoms with Gasteiger partial charge in [0.05, 0.1) is 5.52 Å². The highest BCUT2D eigenvalue weighted by atomic mass is 14.7. The van der Waals surface area contributed by atoms with E-state index in [0.717, 1.165) is 16.7 Å². The van der Waals surface area contributed by atoms with Gasteiger partial charge in [0, 0.05) is 28.2 Å². The minimum atomic E-state index is 1.02. The predicted molar refractivity (Wildman–Crippen MR) is 96.5 cm³/mol. The van der Waals surface area contributed by atoms with Crippen molar-refractivity contribution >= 4 is 32.6 Å². The van der Waals surface area contributed by atoms with Gasteiger partial charge in [-0.05, 0) is 46.7 Å². The van der Waals surface area contributed by atoms with Gasteiger partial charge in [-0.2, -0.15) is 0 Å². The lowest BCUT2D eigenvalue weighted by atomic mass is 10.1. The Balaban J connectivity index is 1.73. The van der Waals surface area contributed by atoms with Crippen LogP contribution in [0.1, 0.15) is 0 Å². The fourth-order valence-corrected chi connectivity index (χ4v) is 3.21. The molecule has 108 valence electrons. The van der Waals surface area contributed by atoms with Crippen molar-refractivity contribution in [2.24, 2.45) is 0 Å². The first-order valence-electron chi connectivity index (χ1n) is 7.73. The van der Waals surface area contributed by atoms with Crippen LogP contribution in [0.2, 0.25) is 0 Å². The normalized spacial score (nSPS) is 11.5. The summed E-state index contributed by atoms with van der Waals surface area (Å²) >= 11 is 0. The van der Waals surface area contributed by atoms with Gasteiger partial charge in [0.1, 0.15) is 0 Å². The number of benzene rings is 3. The Morgan fingerprint density at radius 1 is 0.652 bits per heavy atom. The van der Waals surface area contributed by atoms with E-state index >= 15 is 0 Å². The third-order valence-electron chi connectivity index (χ3n) is 4.40.